The SMILES string of the molecule is CCc1ccc(-c2noc(CO/N=C\c3ccc(Cl)cc3)n2)cc1. The minimum atomic E-state index is 0.115. The fourth-order valence-electron chi connectivity index (χ4n) is 2.06. The van der Waals surface area contributed by atoms with Gasteiger partial charge >= 0.3 is 0 Å². The van der Waals surface area contributed by atoms with E-state index in [0.29, 0.717) is 16.7 Å². The van der Waals surface area contributed by atoms with Crippen LogP contribution >= 0.6 is 11.6 Å². The second-order valence-corrected chi connectivity index (χ2v) is 5.56. The van der Waals surface area contributed by atoms with E-state index in [4.69, 9.17) is 21.0 Å². The molecule has 0 aliphatic carbocycles. The zero-order chi connectivity index (χ0) is 16.8. The number of nitrogens with zero attached hydrogens (tertiary/aromatic N) is 3. The smallest absolute Gasteiger partial charge is 0.267 e. The molecule has 0 unspecified atom stereocenters. The predicted octanol–water partition coefficient (Wildman–Crippen LogP) is 4.50. The molecule has 0 fully saturated rings. The van der Waals surface area contributed by atoms with Crippen molar-refractivity contribution in [1.29, 1.82) is 0 Å². The summed E-state index contributed by atoms with van der Waals surface area (Å²) in [5, 5.41) is 8.51. The summed E-state index contributed by atoms with van der Waals surface area (Å²) in [5.74, 6) is 0.913. The summed E-state index contributed by atoms with van der Waals surface area (Å²) < 4.78 is 5.17. The highest BCUT2D eigenvalue weighted by Gasteiger charge is 2.08. The van der Waals surface area contributed by atoms with Gasteiger partial charge in [0.2, 0.25) is 5.82 Å². The Bertz CT molecular complexity index is 811. The lowest BCUT2D eigenvalue weighted by molar-refractivity contribution is 0.107. The molecule has 1 aromatic heterocycles. The van der Waals surface area contributed by atoms with Crippen LogP contribution in [0.4, 0.5) is 0 Å². The van der Waals surface area contributed by atoms with E-state index in [9.17, 15) is 0 Å². The van der Waals surface area contributed by atoms with Crippen LogP contribution in [0, 0.1) is 0 Å². The number of hydrogen-bond acceptors (Lipinski definition) is 5. The lowest BCUT2D eigenvalue weighted by Gasteiger charge is -1.97. The second kappa shape index (κ2) is 7.75. The first-order valence-electron chi connectivity index (χ1n) is 7.57. The lowest BCUT2D eigenvalue weighted by atomic mass is 10.1. The molecule has 1 heterocycles. The largest absolute Gasteiger partial charge is 0.386 e. The molecule has 0 N–H and O–H groups in total. The van der Waals surface area contributed by atoms with Crippen LogP contribution in [0.1, 0.15) is 23.9 Å². The summed E-state index contributed by atoms with van der Waals surface area (Å²) in [6.07, 6.45) is 2.59. The van der Waals surface area contributed by atoms with Gasteiger partial charge in [-0.3, -0.25) is 0 Å². The van der Waals surface area contributed by atoms with Gasteiger partial charge < -0.3 is 9.36 Å². The Hall–Kier alpha value is -2.66. The molecular formula is C18H16ClN3O2. The Morgan fingerprint density at radius 3 is 2.58 bits per heavy atom. The molecule has 0 saturated carbocycles. The first-order chi connectivity index (χ1) is 11.7. The van der Waals surface area contributed by atoms with Gasteiger partial charge in [0.15, 0.2) is 6.61 Å². The van der Waals surface area contributed by atoms with E-state index < -0.39 is 0 Å². The normalized spacial score (nSPS) is 11.1. The van der Waals surface area contributed by atoms with E-state index in [0.717, 1.165) is 17.5 Å². The van der Waals surface area contributed by atoms with E-state index in [1.807, 2.05) is 24.3 Å². The van der Waals surface area contributed by atoms with Gasteiger partial charge in [-0.1, -0.05) is 65.2 Å². The van der Waals surface area contributed by atoms with E-state index >= 15 is 0 Å². The average molecular weight is 342 g/mol. The summed E-state index contributed by atoms with van der Waals surface area (Å²) in [5.41, 5.74) is 3.07. The van der Waals surface area contributed by atoms with E-state index in [1.165, 1.54) is 5.56 Å². The molecule has 0 spiro atoms. The number of rotatable bonds is 6. The first-order valence-corrected chi connectivity index (χ1v) is 7.95. The second-order valence-electron chi connectivity index (χ2n) is 5.12. The fraction of sp³-hybridized carbons (Fsp3) is 0.167. The highest BCUT2D eigenvalue weighted by molar-refractivity contribution is 6.30. The number of aryl methyl sites for hydroxylation is 1. The molecular weight excluding hydrogens is 326 g/mol. The van der Waals surface area contributed by atoms with Crippen LogP contribution in [0.25, 0.3) is 11.4 Å². The summed E-state index contributed by atoms with van der Waals surface area (Å²) in [7, 11) is 0. The molecule has 0 aliphatic heterocycles. The monoisotopic (exact) mass is 341 g/mol. The zero-order valence-corrected chi connectivity index (χ0v) is 13.9. The van der Waals surface area contributed by atoms with Crippen molar-refractivity contribution in [1.82, 2.24) is 10.1 Å². The van der Waals surface area contributed by atoms with Crippen LogP contribution in [-0.2, 0) is 17.9 Å². The molecule has 24 heavy (non-hydrogen) atoms. The number of hydrogen-bond donors (Lipinski definition) is 0. The predicted molar refractivity (Wildman–Crippen MR) is 92.9 cm³/mol. The molecule has 0 radical (unpaired) electrons. The van der Waals surface area contributed by atoms with Crippen LogP contribution < -0.4 is 0 Å². The third-order valence-corrected chi connectivity index (χ3v) is 3.67. The topological polar surface area (TPSA) is 60.5 Å². The zero-order valence-electron chi connectivity index (χ0n) is 13.1. The Balaban J connectivity index is 1.56. The molecule has 3 aromatic rings. The van der Waals surface area contributed by atoms with Gasteiger partial charge in [0.25, 0.3) is 5.89 Å². The highest BCUT2D eigenvalue weighted by Crippen LogP contribution is 2.17. The number of aromatic nitrogens is 2. The van der Waals surface area contributed by atoms with Crippen molar-refractivity contribution in [3.63, 3.8) is 0 Å². The Morgan fingerprint density at radius 2 is 1.88 bits per heavy atom. The van der Waals surface area contributed by atoms with E-state index in [-0.39, 0.29) is 6.61 Å². The minimum Gasteiger partial charge on any atom is -0.386 e. The molecule has 0 saturated heterocycles. The van der Waals surface area contributed by atoms with Crippen molar-refractivity contribution in [3.8, 4) is 11.4 Å². The van der Waals surface area contributed by atoms with Crippen LogP contribution in [0.15, 0.2) is 58.2 Å². The first kappa shape index (κ1) is 16.2. The van der Waals surface area contributed by atoms with Crippen molar-refractivity contribution in [2.75, 3.05) is 0 Å². The third-order valence-electron chi connectivity index (χ3n) is 3.42. The van der Waals surface area contributed by atoms with Crippen molar-refractivity contribution >= 4 is 17.8 Å². The maximum atomic E-state index is 5.82. The summed E-state index contributed by atoms with van der Waals surface area (Å²) in [6, 6.07) is 15.3. The summed E-state index contributed by atoms with van der Waals surface area (Å²) in [6.45, 7) is 2.23. The van der Waals surface area contributed by atoms with Crippen LogP contribution in [0.3, 0.4) is 0 Å². The Morgan fingerprint density at radius 1 is 1.12 bits per heavy atom. The van der Waals surface area contributed by atoms with Crippen molar-refractivity contribution in [2.45, 2.75) is 20.0 Å². The van der Waals surface area contributed by atoms with Gasteiger partial charge in [-0.15, -0.1) is 0 Å². The third kappa shape index (κ3) is 4.20. The molecule has 3 rings (SSSR count). The number of oxime groups is 1. The summed E-state index contributed by atoms with van der Waals surface area (Å²) >= 11 is 5.82. The molecule has 5 nitrogen and oxygen atoms in total. The van der Waals surface area contributed by atoms with Gasteiger partial charge in [0.1, 0.15) is 0 Å². The van der Waals surface area contributed by atoms with Gasteiger partial charge in [-0.05, 0) is 29.7 Å². The average Bonchev–Trinajstić information content (AvgIpc) is 3.09. The molecule has 0 atom stereocenters. The molecule has 0 aliphatic rings. The molecule has 6 heteroatoms. The van der Waals surface area contributed by atoms with Crippen molar-refractivity contribution < 1.29 is 9.36 Å². The van der Waals surface area contributed by atoms with Gasteiger partial charge in [0, 0.05) is 10.6 Å². The van der Waals surface area contributed by atoms with Crippen LogP contribution in [0.2, 0.25) is 5.02 Å². The fourth-order valence-corrected chi connectivity index (χ4v) is 2.19. The molecule has 2 aromatic carbocycles. The highest BCUT2D eigenvalue weighted by atomic mass is 35.5. The number of benzene rings is 2. The van der Waals surface area contributed by atoms with Crippen LogP contribution in [0.5, 0.6) is 0 Å². The standard InChI is InChI=1S/C18H16ClN3O2/c1-2-13-3-7-15(8-4-13)18-21-17(24-22-18)12-23-20-11-14-5-9-16(19)10-6-14/h3-11H,2,12H2,1H3/b20-11-. The summed E-state index contributed by atoms with van der Waals surface area (Å²) in [4.78, 5) is 9.48. The van der Waals surface area contributed by atoms with Gasteiger partial charge in [-0.25, -0.2) is 0 Å². The van der Waals surface area contributed by atoms with Crippen molar-refractivity contribution in [3.05, 3.63) is 70.6 Å². The van der Waals surface area contributed by atoms with Crippen molar-refractivity contribution in [2.24, 2.45) is 5.16 Å². The van der Waals surface area contributed by atoms with E-state index in [2.05, 4.69) is 34.4 Å². The Labute approximate surface area is 144 Å². The van der Waals surface area contributed by atoms with E-state index in [1.54, 1.807) is 18.3 Å². The van der Waals surface area contributed by atoms with Gasteiger partial charge in [-0.2, -0.15) is 4.98 Å². The molecule has 0 bridgehead atoms. The maximum absolute atomic E-state index is 5.82. The van der Waals surface area contributed by atoms with Crippen LogP contribution in [-0.4, -0.2) is 16.4 Å². The number of halogens is 1. The lowest BCUT2D eigenvalue weighted by Crippen LogP contribution is -1.89. The Kier molecular flexibility index (Phi) is 5.23. The molecule has 122 valence electrons. The maximum Gasteiger partial charge on any atom is 0.267 e. The molecule has 0 amide bonds. The minimum absolute atomic E-state index is 0.115. The van der Waals surface area contributed by atoms with Gasteiger partial charge in [0.05, 0.1) is 6.21 Å². The quantitative estimate of drug-likeness (QED) is 0.489.